The van der Waals surface area contributed by atoms with E-state index in [2.05, 4.69) is 54.1 Å². The van der Waals surface area contributed by atoms with E-state index in [-0.39, 0.29) is 0 Å². The number of halogens is 1. The third kappa shape index (κ3) is 2.39. The standard InChI is InChI=1S/C17H16ClN/c1-2-14-4-3-5-15-10-11-19(17(14)15)12-13-6-8-16(18)9-7-13/h3-11H,2,12H2,1H3. The minimum Gasteiger partial charge on any atom is -0.343 e. The highest BCUT2D eigenvalue weighted by atomic mass is 35.5. The Morgan fingerprint density at radius 2 is 1.79 bits per heavy atom. The van der Waals surface area contributed by atoms with E-state index in [0.717, 1.165) is 18.0 Å². The number of benzene rings is 2. The number of hydrogen-bond acceptors (Lipinski definition) is 0. The average molecular weight is 270 g/mol. The third-order valence-corrected chi connectivity index (χ3v) is 3.77. The molecule has 0 aliphatic rings. The van der Waals surface area contributed by atoms with E-state index in [4.69, 9.17) is 11.6 Å². The number of fused-ring (bicyclic) bond motifs is 1. The molecule has 2 heteroatoms. The van der Waals surface area contributed by atoms with E-state index < -0.39 is 0 Å². The Morgan fingerprint density at radius 3 is 2.53 bits per heavy atom. The Kier molecular flexibility index (Phi) is 3.31. The fourth-order valence-electron chi connectivity index (χ4n) is 2.54. The number of aryl methyl sites for hydroxylation is 1. The zero-order chi connectivity index (χ0) is 13.2. The minimum absolute atomic E-state index is 0.787. The Labute approximate surface area is 118 Å². The van der Waals surface area contributed by atoms with Crippen molar-refractivity contribution in [3.63, 3.8) is 0 Å². The topological polar surface area (TPSA) is 4.93 Å². The maximum atomic E-state index is 5.93. The van der Waals surface area contributed by atoms with Crippen molar-refractivity contribution in [3.8, 4) is 0 Å². The predicted octanol–water partition coefficient (Wildman–Crippen LogP) is 4.91. The number of para-hydroxylation sites is 1. The number of rotatable bonds is 3. The van der Waals surface area contributed by atoms with Gasteiger partial charge in [0.25, 0.3) is 0 Å². The second kappa shape index (κ2) is 5.10. The molecule has 1 aromatic heterocycles. The van der Waals surface area contributed by atoms with Crippen LogP contribution in [0, 0.1) is 0 Å². The van der Waals surface area contributed by atoms with Crippen molar-refractivity contribution in [2.75, 3.05) is 0 Å². The van der Waals surface area contributed by atoms with Crippen LogP contribution >= 0.6 is 11.6 Å². The van der Waals surface area contributed by atoms with Crippen molar-refractivity contribution < 1.29 is 0 Å². The van der Waals surface area contributed by atoms with Crippen LogP contribution in [0.1, 0.15) is 18.1 Å². The molecule has 0 N–H and O–H groups in total. The van der Waals surface area contributed by atoms with Gasteiger partial charge in [-0.3, -0.25) is 0 Å². The quantitative estimate of drug-likeness (QED) is 0.637. The summed E-state index contributed by atoms with van der Waals surface area (Å²) in [6.07, 6.45) is 3.22. The van der Waals surface area contributed by atoms with E-state index in [1.54, 1.807) is 0 Å². The molecule has 0 aliphatic carbocycles. The summed E-state index contributed by atoms with van der Waals surface area (Å²) in [6.45, 7) is 3.09. The summed E-state index contributed by atoms with van der Waals surface area (Å²) >= 11 is 5.93. The summed E-state index contributed by atoms with van der Waals surface area (Å²) < 4.78 is 2.32. The molecule has 96 valence electrons. The number of nitrogens with zero attached hydrogens (tertiary/aromatic N) is 1. The van der Waals surface area contributed by atoms with Gasteiger partial charge in [-0.25, -0.2) is 0 Å². The molecule has 0 aliphatic heterocycles. The van der Waals surface area contributed by atoms with E-state index >= 15 is 0 Å². The summed E-state index contributed by atoms with van der Waals surface area (Å²) in [5, 5.41) is 2.10. The van der Waals surface area contributed by atoms with Gasteiger partial charge in [0.15, 0.2) is 0 Å². The highest BCUT2D eigenvalue weighted by molar-refractivity contribution is 6.30. The molecule has 0 radical (unpaired) electrons. The molecule has 3 rings (SSSR count). The largest absolute Gasteiger partial charge is 0.343 e. The average Bonchev–Trinajstić information content (AvgIpc) is 2.85. The second-order valence-electron chi connectivity index (χ2n) is 4.78. The van der Waals surface area contributed by atoms with Crippen LogP contribution in [-0.2, 0) is 13.0 Å². The molecule has 0 atom stereocenters. The minimum atomic E-state index is 0.787. The maximum Gasteiger partial charge on any atom is 0.0515 e. The molecule has 0 fully saturated rings. The lowest BCUT2D eigenvalue weighted by atomic mass is 10.1. The van der Waals surface area contributed by atoms with Gasteiger partial charge in [0.2, 0.25) is 0 Å². The molecule has 2 aromatic carbocycles. The summed E-state index contributed by atoms with van der Waals surface area (Å²) in [4.78, 5) is 0. The molecule has 0 spiro atoms. The number of hydrogen-bond donors (Lipinski definition) is 0. The highest BCUT2D eigenvalue weighted by Crippen LogP contribution is 2.22. The van der Waals surface area contributed by atoms with Gasteiger partial charge in [0.1, 0.15) is 0 Å². The Balaban J connectivity index is 2.03. The predicted molar refractivity (Wildman–Crippen MR) is 81.9 cm³/mol. The SMILES string of the molecule is CCc1cccc2ccn(Cc3ccc(Cl)cc3)c12. The molecule has 19 heavy (non-hydrogen) atoms. The first-order valence-electron chi connectivity index (χ1n) is 6.59. The zero-order valence-corrected chi connectivity index (χ0v) is 11.7. The van der Waals surface area contributed by atoms with E-state index in [9.17, 15) is 0 Å². The van der Waals surface area contributed by atoms with Crippen LogP contribution in [0.15, 0.2) is 54.7 Å². The normalized spacial score (nSPS) is 11.1. The molecule has 0 bridgehead atoms. The third-order valence-electron chi connectivity index (χ3n) is 3.52. The monoisotopic (exact) mass is 269 g/mol. The van der Waals surface area contributed by atoms with Crippen molar-refractivity contribution in [3.05, 3.63) is 70.9 Å². The van der Waals surface area contributed by atoms with Gasteiger partial charge in [-0.05, 0) is 41.1 Å². The molecular weight excluding hydrogens is 254 g/mol. The van der Waals surface area contributed by atoms with E-state index in [0.29, 0.717) is 0 Å². The van der Waals surface area contributed by atoms with Crippen LogP contribution in [0.25, 0.3) is 10.9 Å². The van der Waals surface area contributed by atoms with Crippen LogP contribution in [0.2, 0.25) is 5.02 Å². The smallest absolute Gasteiger partial charge is 0.0515 e. The summed E-state index contributed by atoms with van der Waals surface area (Å²) in [5.74, 6) is 0. The van der Waals surface area contributed by atoms with Crippen LogP contribution in [0.3, 0.4) is 0 Å². The summed E-state index contributed by atoms with van der Waals surface area (Å²) in [7, 11) is 0. The van der Waals surface area contributed by atoms with Gasteiger partial charge in [-0.15, -0.1) is 0 Å². The van der Waals surface area contributed by atoms with Gasteiger partial charge in [0, 0.05) is 17.8 Å². The van der Waals surface area contributed by atoms with Crippen LogP contribution in [-0.4, -0.2) is 4.57 Å². The molecular formula is C17H16ClN. The lowest BCUT2D eigenvalue weighted by Crippen LogP contribution is -1.99. The van der Waals surface area contributed by atoms with E-state index in [1.165, 1.54) is 22.0 Å². The Bertz CT molecular complexity index is 695. The highest BCUT2D eigenvalue weighted by Gasteiger charge is 2.05. The number of aromatic nitrogens is 1. The first kappa shape index (κ1) is 12.3. The van der Waals surface area contributed by atoms with Crippen molar-refractivity contribution in [2.45, 2.75) is 19.9 Å². The van der Waals surface area contributed by atoms with Crippen LogP contribution in [0.5, 0.6) is 0 Å². The summed E-state index contributed by atoms with van der Waals surface area (Å²) in [6, 6.07) is 16.8. The fraction of sp³-hybridized carbons (Fsp3) is 0.176. The van der Waals surface area contributed by atoms with Crippen LogP contribution in [0.4, 0.5) is 0 Å². The van der Waals surface area contributed by atoms with Crippen molar-refractivity contribution in [1.82, 2.24) is 4.57 Å². The molecule has 0 unspecified atom stereocenters. The Hall–Kier alpha value is -1.73. The molecule has 1 nitrogen and oxygen atoms in total. The zero-order valence-electron chi connectivity index (χ0n) is 10.9. The van der Waals surface area contributed by atoms with Crippen molar-refractivity contribution >= 4 is 22.5 Å². The molecule has 0 saturated heterocycles. The van der Waals surface area contributed by atoms with Gasteiger partial charge in [-0.2, -0.15) is 0 Å². The first-order valence-corrected chi connectivity index (χ1v) is 6.97. The lowest BCUT2D eigenvalue weighted by Gasteiger charge is -2.09. The second-order valence-corrected chi connectivity index (χ2v) is 5.22. The maximum absolute atomic E-state index is 5.93. The lowest BCUT2D eigenvalue weighted by molar-refractivity contribution is 0.831. The van der Waals surface area contributed by atoms with Crippen LogP contribution < -0.4 is 0 Å². The molecule has 0 saturated carbocycles. The molecule has 3 aromatic rings. The van der Waals surface area contributed by atoms with Crippen molar-refractivity contribution in [2.24, 2.45) is 0 Å². The van der Waals surface area contributed by atoms with Gasteiger partial charge in [-0.1, -0.05) is 48.9 Å². The van der Waals surface area contributed by atoms with Gasteiger partial charge in [0.05, 0.1) is 5.52 Å². The Morgan fingerprint density at radius 1 is 1.00 bits per heavy atom. The van der Waals surface area contributed by atoms with Gasteiger partial charge < -0.3 is 4.57 Å². The molecule has 0 amide bonds. The molecule has 1 heterocycles. The summed E-state index contributed by atoms with van der Waals surface area (Å²) in [5.41, 5.74) is 4.02. The van der Waals surface area contributed by atoms with Gasteiger partial charge >= 0.3 is 0 Å². The van der Waals surface area contributed by atoms with Crippen molar-refractivity contribution in [1.29, 1.82) is 0 Å². The van der Waals surface area contributed by atoms with E-state index in [1.807, 2.05) is 12.1 Å². The fourth-order valence-corrected chi connectivity index (χ4v) is 2.67. The first-order chi connectivity index (χ1) is 9.28.